The quantitative estimate of drug-likeness (QED) is 0.619. The predicted octanol–water partition coefficient (Wildman–Crippen LogP) is 2.27. The molecular weight excluding hydrogens is 291 g/mol. The molecule has 0 saturated carbocycles. The van der Waals surface area contributed by atoms with Crippen molar-refractivity contribution < 1.29 is 4.74 Å². The number of rotatable bonds is 2. The van der Waals surface area contributed by atoms with Gasteiger partial charge in [-0.25, -0.2) is 8.10 Å². The second kappa shape index (κ2) is 4.93. The summed E-state index contributed by atoms with van der Waals surface area (Å²) in [5.74, 6) is 0.749. The van der Waals surface area contributed by atoms with E-state index in [4.69, 9.17) is 4.74 Å². The van der Waals surface area contributed by atoms with Gasteiger partial charge in [-0.15, -0.1) is 0 Å². The molecule has 2 heterocycles. The molecule has 0 spiro atoms. The van der Waals surface area contributed by atoms with Crippen LogP contribution in [-0.2, 0) is 0 Å². The minimum atomic E-state index is 0.343. The molecule has 4 heteroatoms. The summed E-state index contributed by atoms with van der Waals surface area (Å²) in [4.78, 5) is 4.15. The van der Waals surface area contributed by atoms with E-state index in [1.165, 1.54) is 0 Å². The van der Waals surface area contributed by atoms with Gasteiger partial charge in [-0.3, -0.25) is 0 Å². The van der Waals surface area contributed by atoms with Gasteiger partial charge in [0.15, 0.2) is 0 Å². The Labute approximate surface area is 98.0 Å². The number of halogens is 1. The number of piperidine rings is 1. The summed E-state index contributed by atoms with van der Waals surface area (Å²) in [7, 11) is 0. The third kappa shape index (κ3) is 2.81. The molecular formula is C10H13IN2O. The number of pyridine rings is 1. The second-order valence-corrected chi connectivity index (χ2v) is 4.76. The van der Waals surface area contributed by atoms with E-state index in [1.807, 2.05) is 18.2 Å². The lowest BCUT2D eigenvalue weighted by molar-refractivity contribution is 0.138. The Morgan fingerprint density at radius 2 is 2.14 bits per heavy atom. The maximum absolute atomic E-state index is 5.76. The summed E-state index contributed by atoms with van der Waals surface area (Å²) >= 11 is 2.36. The van der Waals surface area contributed by atoms with E-state index in [1.54, 1.807) is 6.20 Å². The van der Waals surface area contributed by atoms with Crippen LogP contribution >= 0.6 is 22.9 Å². The summed E-state index contributed by atoms with van der Waals surface area (Å²) in [5, 5.41) is 0. The summed E-state index contributed by atoms with van der Waals surface area (Å²) < 4.78 is 8.06. The maximum Gasteiger partial charge on any atom is 0.213 e. The van der Waals surface area contributed by atoms with E-state index in [9.17, 15) is 0 Å². The summed E-state index contributed by atoms with van der Waals surface area (Å²) in [5.41, 5.74) is 0. The molecule has 76 valence electrons. The molecule has 0 atom stereocenters. The van der Waals surface area contributed by atoms with Gasteiger partial charge in [-0.05, 0) is 18.9 Å². The van der Waals surface area contributed by atoms with Gasteiger partial charge >= 0.3 is 0 Å². The average molecular weight is 304 g/mol. The molecule has 2 rings (SSSR count). The molecule has 0 bridgehead atoms. The van der Waals surface area contributed by atoms with Crippen molar-refractivity contribution in [2.45, 2.75) is 18.9 Å². The monoisotopic (exact) mass is 304 g/mol. The highest BCUT2D eigenvalue weighted by molar-refractivity contribution is 14.1. The Morgan fingerprint density at radius 3 is 2.79 bits per heavy atom. The molecule has 0 radical (unpaired) electrons. The van der Waals surface area contributed by atoms with Crippen LogP contribution in [0.25, 0.3) is 0 Å². The standard InChI is InChI=1S/C10H13IN2O/c11-13-7-4-9(5-8-13)14-10-3-1-2-6-12-10/h1-3,6,9H,4-5,7-8H2. The first-order valence-corrected chi connectivity index (χ1v) is 5.79. The number of ether oxygens (including phenoxy) is 1. The first-order chi connectivity index (χ1) is 6.84. The lowest BCUT2D eigenvalue weighted by Gasteiger charge is -2.27. The van der Waals surface area contributed by atoms with Crippen molar-refractivity contribution in [3.05, 3.63) is 24.4 Å². The van der Waals surface area contributed by atoms with Crippen LogP contribution < -0.4 is 4.74 Å². The number of aromatic nitrogens is 1. The van der Waals surface area contributed by atoms with Crippen LogP contribution in [-0.4, -0.2) is 27.3 Å². The molecule has 1 aliphatic rings. The molecule has 1 aliphatic heterocycles. The van der Waals surface area contributed by atoms with Gasteiger partial charge in [0, 0.05) is 48.2 Å². The normalized spacial score (nSPS) is 19.5. The smallest absolute Gasteiger partial charge is 0.213 e. The summed E-state index contributed by atoms with van der Waals surface area (Å²) in [6.45, 7) is 2.22. The molecule has 0 aliphatic carbocycles. The van der Waals surface area contributed by atoms with Gasteiger partial charge in [-0.1, -0.05) is 6.07 Å². The Balaban J connectivity index is 1.87. The van der Waals surface area contributed by atoms with E-state index < -0.39 is 0 Å². The van der Waals surface area contributed by atoms with Crippen molar-refractivity contribution >= 4 is 22.9 Å². The van der Waals surface area contributed by atoms with Crippen LogP contribution in [0.3, 0.4) is 0 Å². The van der Waals surface area contributed by atoms with Gasteiger partial charge < -0.3 is 4.74 Å². The highest BCUT2D eigenvalue weighted by Crippen LogP contribution is 2.18. The zero-order valence-corrected chi connectivity index (χ0v) is 10.1. The number of nitrogens with zero attached hydrogens (tertiary/aromatic N) is 2. The van der Waals surface area contributed by atoms with Crippen LogP contribution in [0.2, 0.25) is 0 Å². The van der Waals surface area contributed by atoms with E-state index >= 15 is 0 Å². The van der Waals surface area contributed by atoms with E-state index in [2.05, 4.69) is 31.0 Å². The van der Waals surface area contributed by atoms with Gasteiger partial charge in [0.2, 0.25) is 5.88 Å². The SMILES string of the molecule is IN1CCC(Oc2ccccn2)CC1. The second-order valence-electron chi connectivity index (χ2n) is 3.40. The lowest BCUT2D eigenvalue weighted by atomic mass is 10.1. The maximum atomic E-state index is 5.76. The average Bonchev–Trinajstić information content (AvgIpc) is 2.23. The fourth-order valence-corrected chi connectivity index (χ4v) is 2.09. The van der Waals surface area contributed by atoms with Crippen LogP contribution in [0.1, 0.15) is 12.8 Å². The highest BCUT2D eigenvalue weighted by Gasteiger charge is 2.18. The minimum Gasteiger partial charge on any atom is -0.474 e. The minimum absolute atomic E-state index is 0.343. The largest absolute Gasteiger partial charge is 0.474 e. The lowest BCUT2D eigenvalue weighted by Crippen LogP contribution is -2.32. The van der Waals surface area contributed by atoms with Crippen LogP contribution in [0.4, 0.5) is 0 Å². The van der Waals surface area contributed by atoms with Crippen LogP contribution in [0, 0.1) is 0 Å². The molecule has 0 N–H and O–H groups in total. The third-order valence-corrected chi connectivity index (χ3v) is 3.28. The van der Waals surface area contributed by atoms with Crippen molar-refractivity contribution in [1.29, 1.82) is 0 Å². The highest BCUT2D eigenvalue weighted by atomic mass is 127. The topological polar surface area (TPSA) is 25.4 Å². The third-order valence-electron chi connectivity index (χ3n) is 2.31. The number of hydrogen-bond donors (Lipinski definition) is 0. The van der Waals surface area contributed by atoms with E-state index in [-0.39, 0.29) is 0 Å². The van der Waals surface area contributed by atoms with Crippen molar-refractivity contribution in [3.8, 4) is 5.88 Å². The van der Waals surface area contributed by atoms with Crippen LogP contribution in [0.15, 0.2) is 24.4 Å². The summed E-state index contributed by atoms with van der Waals surface area (Å²) in [6, 6.07) is 5.77. The first kappa shape index (κ1) is 10.2. The molecule has 14 heavy (non-hydrogen) atoms. The van der Waals surface area contributed by atoms with E-state index in [0.29, 0.717) is 6.10 Å². The molecule has 1 saturated heterocycles. The van der Waals surface area contributed by atoms with E-state index in [0.717, 1.165) is 31.8 Å². The molecule has 3 nitrogen and oxygen atoms in total. The van der Waals surface area contributed by atoms with Gasteiger partial charge in [0.1, 0.15) is 6.10 Å². The molecule has 0 amide bonds. The Kier molecular flexibility index (Phi) is 3.58. The van der Waals surface area contributed by atoms with Crippen molar-refractivity contribution in [1.82, 2.24) is 8.10 Å². The zero-order valence-electron chi connectivity index (χ0n) is 7.90. The molecule has 0 aromatic carbocycles. The summed E-state index contributed by atoms with van der Waals surface area (Å²) in [6.07, 6.45) is 4.30. The predicted molar refractivity (Wildman–Crippen MR) is 63.5 cm³/mol. The molecule has 1 fully saturated rings. The van der Waals surface area contributed by atoms with Gasteiger partial charge in [0.05, 0.1) is 0 Å². The first-order valence-electron chi connectivity index (χ1n) is 4.83. The Bertz CT molecular complexity index is 273. The Morgan fingerprint density at radius 1 is 1.36 bits per heavy atom. The Hall–Kier alpha value is -0.360. The van der Waals surface area contributed by atoms with Gasteiger partial charge in [0.25, 0.3) is 0 Å². The van der Waals surface area contributed by atoms with Gasteiger partial charge in [-0.2, -0.15) is 0 Å². The van der Waals surface area contributed by atoms with Crippen molar-refractivity contribution in [2.75, 3.05) is 13.1 Å². The van der Waals surface area contributed by atoms with Crippen molar-refractivity contribution in [2.24, 2.45) is 0 Å². The molecule has 0 unspecified atom stereocenters. The fourth-order valence-electron chi connectivity index (χ4n) is 1.53. The fraction of sp³-hybridized carbons (Fsp3) is 0.500. The van der Waals surface area contributed by atoms with Crippen LogP contribution in [0.5, 0.6) is 5.88 Å². The molecule has 1 aromatic heterocycles. The molecule has 1 aromatic rings. The number of hydrogen-bond acceptors (Lipinski definition) is 3. The zero-order chi connectivity index (χ0) is 9.80. The van der Waals surface area contributed by atoms with Crippen molar-refractivity contribution in [3.63, 3.8) is 0 Å².